The quantitative estimate of drug-likeness (QED) is 0.533. The Morgan fingerprint density at radius 2 is 2.27 bits per heavy atom. The van der Waals surface area contributed by atoms with Gasteiger partial charge in [-0.15, -0.1) is 0 Å². The van der Waals surface area contributed by atoms with Gasteiger partial charge >= 0.3 is 0 Å². The van der Waals surface area contributed by atoms with Crippen LogP contribution in [0.5, 0.6) is 0 Å². The van der Waals surface area contributed by atoms with Crippen molar-refractivity contribution in [3.63, 3.8) is 0 Å². The Balaban J connectivity index is 3.99. The molecule has 0 radical (unpaired) electrons. The summed E-state index contributed by atoms with van der Waals surface area (Å²) in [5.74, 6) is 0. The minimum Gasteiger partial charge on any atom is -0.514 e. The third-order valence-corrected chi connectivity index (χ3v) is 1.23. The van der Waals surface area contributed by atoms with Crippen LogP contribution >= 0.6 is 0 Å². The molecule has 0 bridgehead atoms. The molecule has 0 rings (SSSR count). The molecule has 66 valence electrons. The van der Waals surface area contributed by atoms with E-state index in [2.05, 4.69) is 5.32 Å². The van der Waals surface area contributed by atoms with E-state index in [0.29, 0.717) is 13.1 Å². The van der Waals surface area contributed by atoms with Crippen molar-refractivity contribution in [3.8, 4) is 0 Å². The normalized spacial score (nSPS) is 13.3. The van der Waals surface area contributed by atoms with E-state index in [9.17, 15) is 4.39 Å². The van der Waals surface area contributed by atoms with E-state index in [-0.39, 0.29) is 5.70 Å². The standard InChI is InChI=1S/C7H15FN2O/c1-7(2,8)6(5-11)10-4-3-9/h5,10-11H,3-4,9H2,1-2H3/b6-5+. The van der Waals surface area contributed by atoms with Gasteiger partial charge in [-0.2, -0.15) is 0 Å². The summed E-state index contributed by atoms with van der Waals surface area (Å²) < 4.78 is 13.0. The van der Waals surface area contributed by atoms with Crippen LogP contribution in [0.15, 0.2) is 12.0 Å². The molecule has 0 heterocycles. The predicted octanol–water partition coefficient (Wildman–Crippen LogP) is 0.682. The van der Waals surface area contributed by atoms with Crippen LogP contribution in [0, 0.1) is 0 Å². The van der Waals surface area contributed by atoms with E-state index in [1.165, 1.54) is 13.8 Å². The minimum absolute atomic E-state index is 0.156. The van der Waals surface area contributed by atoms with Crippen LogP contribution in [-0.2, 0) is 0 Å². The van der Waals surface area contributed by atoms with Crippen molar-refractivity contribution in [1.82, 2.24) is 5.32 Å². The topological polar surface area (TPSA) is 58.3 Å². The van der Waals surface area contributed by atoms with Gasteiger partial charge in [0.05, 0.1) is 5.70 Å². The van der Waals surface area contributed by atoms with E-state index in [0.717, 1.165) is 6.26 Å². The molecular weight excluding hydrogens is 147 g/mol. The maximum Gasteiger partial charge on any atom is 0.147 e. The predicted molar refractivity (Wildman–Crippen MR) is 43.0 cm³/mol. The lowest BCUT2D eigenvalue weighted by Gasteiger charge is -2.18. The van der Waals surface area contributed by atoms with E-state index >= 15 is 0 Å². The first-order chi connectivity index (χ1) is 5.02. The van der Waals surface area contributed by atoms with Gasteiger partial charge in [0.1, 0.15) is 11.9 Å². The number of allylic oxidation sites excluding steroid dienone is 1. The zero-order valence-corrected chi connectivity index (χ0v) is 6.89. The summed E-state index contributed by atoms with van der Waals surface area (Å²) in [6, 6.07) is 0. The highest BCUT2D eigenvalue weighted by molar-refractivity contribution is 5.08. The Labute approximate surface area is 66.1 Å². The molecule has 0 atom stereocenters. The van der Waals surface area contributed by atoms with Gasteiger partial charge in [0.25, 0.3) is 0 Å². The van der Waals surface area contributed by atoms with Crippen molar-refractivity contribution in [3.05, 3.63) is 12.0 Å². The Morgan fingerprint density at radius 1 is 1.73 bits per heavy atom. The van der Waals surface area contributed by atoms with Gasteiger partial charge in [0.15, 0.2) is 0 Å². The molecule has 0 fully saturated rings. The average Bonchev–Trinajstić information content (AvgIpc) is 1.87. The molecule has 0 saturated carbocycles. The van der Waals surface area contributed by atoms with Gasteiger partial charge in [-0.05, 0) is 13.8 Å². The molecule has 4 heteroatoms. The van der Waals surface area contributed by atoms with Crippen LogP contribution in [0.1, 0.15) is 13.8 Å². The number of alkyl halides is 1. The molecule has 11 heavy (non-hydrogen) atoms. The van der Waals surface area contributed by atoms with Crippen molar-refractivity contribution in [1.29, 1.82) is 0 Å². The molecule has 0 aromatic heterocycles. The van der Waals surface area contributed by atoms with Crippen LogP contribution in [0.4, 0.5) is 4.39 Å². The molecular formula is C7H15FN2O. The Kier molecular flexibility index (Phi) is 3.89. The monoisotopic (exact) mass is 162 g/mol. The minimum atomic E-state index is -1.54. The Bertz CT molecular complexity index is 140. The summed E-state index contributed by atoms with van der Waals surface area (Å²) >= 11 is 0. The number of hydrogen-bond donors (Lipinski definition) is 3. The zero-order chi connectivity index (χ0) is 8.91. The van der Waals surface area contributed by atoms with Crippen molar-refractivity contribution in [2.75, 3.05) is 13.1 Å². The molecule has 4 N–H and O–H groups in total. The lowest BCUT2D eigenvalue weighted by atomic mass is 10.1. The van der Waals surface area contributed by atoms with Gasteiger partial charge in [0.2, 0.25) is 0 Å². The average molecular weight is 162 g/mol. The summed E-state index contributed by atoms with van der Waals surface area (Å²) in [6.07, 6.45) is 0.732. The second-order valence-electron chi connectivity index (χ2n) is 2.73. The molecule has 0 saturated heterocycles. The van der Waals surface area contributed by atoms with Crippen LogP contribution in [0.2, 0.25) is 0 Å². The molecule has 0 aromatic rings. The molecule has 3 nitrogen and oxygen atoms in total. The highest BCUT2D eigenvalue weighted by Gasteiger charge is 2.21. The maximum atomic E-state index is 13.0. The van der Waals surface area contributed by atoms with Gasteiger partial charge < -0.3 is 16.2 Å². The van der Waals surface area contributed by atoms with Crippen LogP contribution in [0.3, 0.4) is 0 Å². The van der Waals surface area contributed by atoms with E-state index in [1.54, 1.807) is 0 Å². The summed E-state index contributed by atoms with van der Waals surface area (Å²) in [7, 11) is 0. The third-order valence-electron chi connectivity index (χ3n) is 1.23. The highest BCUT2D eigenvalue weighted by atomic mass is 19.1. The number of nitrogens with two attached hydrogens (primary N) is 1. The fourth-order valence-corrected chi connectivity index (χ4v) is 0.616. The molecule has 0 aliphatic rings. The van der Waals surface area contributed by atoms with Gasteiger partial charge in [-0.1, -0.05) is 0 Å². The third kappa shape index (κ3) is 3.83. The molecule has 0 aliphatic carbocycles. The first-order valence-electron chi connectivity index (χ1n) is 3.50. The molecule has 0 unspecified atom stereocenters. The fraction of sp³-hybridized carbons (Fsp3) is 0.714. The van der Waals surface area contributed by atoms with Crippen LogP contribution in [-0.4, -0.2) is 23.9 Å². The number of nitrogens with one attached hydrogen (secondary N) is 1. The zero-order valence-electron chi connectivity index (χ0n) is 6.89. The van der Waals surface area contributed by atoms with Crippen LogP contribution < -0.4 is 11.1 Å². The number of aliphatic hydroxyl groups is 1. The number of aliphatic hydroxyl groups excluding tert-OH is 1. The lowest BCUT2D eigenvalue weighted by Crippen LogP contribution is -2.31. The SMILES string of the molecule is CC(C)(F)/C(=C\O)NCCN. The summed E-state index contributed by atoms with van der Waals surface area (Å²) in [6.45, 7) is 3.59. The number of rotatable bonds is 4. The van der Waals surface area contributed by atoms with Gasteiger partial charge in [0, 0.05) is 13.1 Å². The van der Waals surface area contributed by atoms with E-state index < -0.39 is 5.67 Å². The fourth-order valence-electron chi connectivity index (χ4n) is 0.616. The van der Waals surface area contributed by atoms with Gasteiger partial charge in [-0.25, -0.2) is 4.39 Å². The van der Waals surface area contributed by atoms with Crippen molar-refractivity contribution < 1.29 is 9.50 Å². The maximum absolute atomic E-state index is 13.0. The summed E-state index contributed by atoms with van der Waals surface area (Å²) in [5, 5.41) is 11.3. The largest absolute Gasteiger partial charge is 0.514 e. The molecule has 0 aromatic carbocycles. The lowest BCUT2D eigenvalue weighted by molar-refractivity contribution is 0.245. The van der Waals surface area contributed by atoms with Gasteiger partial charge in [-0.3, -0.25) is 0 Å². The first kappa shape index (κ1) is 10.2. The summed E-state index contributed by atoms with van der Waals surface area (Å²) in [4.78, 5) is 0. The van der Waals surface area contributed by atoms with Crippen molar-refractivity contribution >= 4 is 0 Å². The van der Waals surface area contributed by atoms with Crippen molar-refractivity contribution in [2.24, 2.45) is 5.73 Å². The number of halogens is 1. The number of hydrogen-bond acceptors (Lipinski definition) is 3. The second-order valence-corrected chi connectivity index (χ2v) is 2.73. The molecule has 0 amide bonds. The van der Waals surface area contributed by atoms with E-state index in [4.69, 9.17) is 10.8 Å². The van der Waals surface area contributed by atoms with Crippen molar-refractivity contribution in [2.45, 2.75) is 19.5 Å². The Morgan fingerprint density at radius 3 is 2.55 bits per heavy atom. The first-order valence-corrected chi connectivity index (χ1v) is 3.50. The second kappa shape index (κ2) is 4.18. The van der Waals surface area contributed by atoms with E-state index in [1.807, 2.05) is 0 Å². The van der Waals surface area contributed by atoms with Crippen LogP contribution in [0.25, 0.3) is 0 Å². The Hall–Kier alpha value is -0.770. The molecule has 0 spiro atoms. The highest BCUT2D eigenvalue weighted by Crippen LogP contribution is 2.16. The summed E-state index contributed by atoms with van der Waals surface area (Å²) in [5.41, 5.74) is 3.80. The molecule has 0 aliphatic heterocycles. The smallest absolute Gasteiger partial charge is 0.147 e.